The van der Waals surface area contributed by atoms with E-state index >= 15 is 0 Å². The molecule has 2 aromatic rings. The van der Waals surface area contributed by atoms with E-state index in [1.807, 2.05) is 13.0 Å². The Kier molecular flexibility index (Phi) is 7.19. The molecule has 0 aliphatic carbocycles. The molecule has 0 aliphatic rings. The van der Waals surface area contributed by atoms with Crippen LogP contribution in [0.15, 0.2) is 34.9 Å². The van der Waals surface area contributed by atoms with Crippen LogP contribution in [0.4, 0.5) is 0 Å². The number of carbonyl (C=O) groups excluding carboxylic acids is 1. The second-order valence-corrected chi connectivity index (χ2v) is 6.07. The Morgan fingerprint density at radius 3 is 2.72 bits per heavy atom. The van der Waals surface area contributed by atoms with Crippen molar-refractivity contribution in [3.05, 3.63) is 46.9 Å². The molecule has 25 heavy (non-hydrogen) atoms. The smallest absolute Gasteiger partial charge is 0.254 e. The van der Waals surface area contributed by atoms with Crippen LogP contribution in [0.3, 0.4) is 0 Å². The van der Waals surface area contributed by atoms with Gasteiger partial charge in [0, 0.05) is 12.6 Å². The maximum atomic E-state index is 12.7. The molecule has 1 aromatic carbocycles. The van der Waals surface area contributed by atoms with E-state index in [1.54, 1.807) is 36.4 Å². The van der Waals surface area contributed by atoms with Crippen LogP contribution in [0.2, 0.25) is 5.02 Å². The van der Waals surface area contributed by atoms with Crippen molar-refractivity contribution in [2.45, 2.75) is 33.2 Å². The van der Waals surface area contributed by atoms with Gasteiger partial charge >= 0.3 is 0 Å². The lowest BCUT2D eigenvalue weighted by atomic mass is 10.1. The molecule has 0 saturated carbocycles. The number of nitrogens with zero attached hydrogens (tertiary/aromatic N) is 1. The average molecular weight is 366 g/mol. The van der Waals surface area contributed by atoms with E-state index in [0.29, 0.717) is 47.6 Å². The summed E-state index contributed by atoms with van der Waals surface area (Å²) < 4.78 is 16.7. The monoisotopic (exact) mass is 365 g/mol. The molecular formula is C19H24ClNO4. The molecule has 0 unspecified atom stereocenters. The fourth-order valence-electron chi connectivity index (χ4n) is 2.34. The van der Waals surface area contributed by atoms with Gasteiger partial charge in [0.1, 0.15) is 5.76 Å². The van der Waals surface area contributed by atoms with Crippen LogP contribution >= 0.6 is 11.6 Å². The molecule has 136 valence electrons. The molecule has 5 nitrogen and oxygen atoms in total. The zero-order chi connectivity index (χ0) is 18.2. The Morgan fingerprint density at radius 2 is 2.08 bits per heavy atom. The van der Waals surface area contributed by atoms with E-state index in [4.69, 9.17) is 25.5 Å². The number of rotatable bonds is 9. The Hall–Kier alpha value is -2.14. The normalized spacial score (nSPS) is 10.6. The van der Waals surface area contributed by atoms with Gasteiger partial charge in [0.2, 0.25) is 0 Å². The molecule has 6 heteroatoms. The van der Waals surface area contributed by atoms with E-state index in [2.05, 4.69) is 6.92 Å². The molecule has 0 fully saturated rings. The summed E-state index contributed by atoms with van der Waals surface area (Å²) in [6.07, 6.45) is 3.53. The Morgan fingerprint density at radius 1 is 1.28 bits per heavy atom. The number of furan rings is 1. The van der Waals surface area contributed by atoms with Crippen LogP contribution < -0.4 is 9.47 Å². The van der Waals surface area contributed by atoms with Crippen molar-refractivity contribution in [2.24, 2.45) is 0 Å². The maximum absolute atomic E-state index is 12.7. The number of amides is 1. The predicted octanol–water partition coefficient (Wildman–Crippen LogP) is 4.78. The predicted molar refractivity (Wildman–Crippen MR) is 97.5 cm³/mol. The standard InChI is InChI=1S/C19H24ClNO4/c1-4-6-9-25-18-16(20)11-14(12-17(18)23-5-2)19(22)21(3)13-15-8-7-10-24-15/h7-8,10-12H,4-6,9,13H2,1-3H3. The van der Waals surface area contributed by atoms with E-state index in [1.165, 1.54) is 0 Å². The topological polar surface area (TPSA) is 51.9 Å². The van der Waals surface area contributed by atoms with E-state index in [9.17, 15) is 4.79 Å². The molecule has 0 aliphatic heterocycles. The van der Waals surface area contributed by atoms with Gasteiger partial charge in [0.15, 0.2) is 11.5 Å². The fourth-order valence-corrected chi connectivity index (χ4v) is 2.61. The molecule has 0 N–H and O–H groups in total. The number of hydrogen-bond donors (Lipinski definition) is 0. The van der Waals surface area contributed by atoms with Crippen LogP contribution in [-0.4, -0.2) is 31.1 Å². The molecule has 1 heterocycles. The zero-order valence-corrected chi connectivity index (χ0v) is 15.6. The van der Waals surface area contributed by atoms with Gasteiger partial charge in [-0.15, -0.1) is 0 Å². The highest BCUT2D eigenvalue weighted by atomic mass is 35.5. The van der Waals surface area contributed by atoms with Gasteiger partial charge in [0.05, 0.1) is 31.0 Å². The number of unbranched alkanes of at least 4 members (excludes halogenated alkanes) is 1. The van der Waals surface area contributed by atoms with Gasteiger partial charge in [-0.05, 0) is 37.6 Å². The van der Waals surface area contributed by atoms with Crippen LogP contribution in [0.5, 0.6) is 11.5 Å². The second kappa shape index (κ2) is 9.37. The summed E-state index contributed by atoms with van der Waals surface area (Å²) in [6.45, 7) is 5.36. The third-order valence-electron chi connectivity index (χ3n) is 3.62. The summed E-state index contributed by atoms with van der Waals surface area (Å²) in [6, 6.07) is 6.91. The van der Waals surface area contributed by atoms with E-state index in [-0.39, 0.29) is 5.91 Å². The van der Waals surface area contributed by atoms with Crippen molar-refractivity contribution < 1.29 is 18.7 Å². The van der Waals surface area contributed by atoms with Crippen molar-refractivity contribution in [1.29, 1.82) is 0 Å². The summed E-state index contributed by atoms with van der Waals surface area (Å²) in [4.78, 5) is 14.2. The lowest BCUT2D eigenvalue weighted by Crippen LogP contribution is -2.26. The Labute approximate surface area is 153 Å². The zero-order valence-electron chi connectivity index (χ0n) is 14.9. The van der Waals surface area contributed by atoms with Crippen LogP contribution in [-0.2, 0) is 6.54 Å². The van der Waals surface area contributed by atoms with Gasteiger partial charge in [-0.3, -0.25) is 4.79 Å². The lowest BCUT2D eigenvalue weighted by Gasteiger charge is -2.18. The molecule has 0 atom stereocenters. The summed E-state index contributed by atoms with van der Waals surface area (Å²) in [5.74, 6) is 1.52. The third kappa shape index (κ3) is 5.16. The van der Waals surface area contributed by atoms with Gasteiger partial charge in [-0.1, -0.05) is 24.9 Å². The van der Waals surface area contributed by atoms with Gasteiger partial charge in [0.25, 0.3) is 5.91 Å². The average Bonchev–Trinajstić information content (AvgIpc) is 3.09. The Balaban J connectivity index is 2.20. The Bertz CT molecular complexity index is 685. The highest BCUT2D eigenvalue weighted by Gasteiger charge is 2.19. The molecule has 0 radical (unpaired) electrons. The van der Waals surface area contributed by atoms with Crippen molar-refractivity contribution >= 4 is 17.5 Å². The van der Waals surface area contributed by atoms with Crippen molar-refractivity contribution in [3.63, 3.8) is 0 Å². The minimum Gasteiger partial charge on any atom is -0.490 e. The molecular weight excluding hydrogens is 342 g/mol. The number of hydrogen-bond acceptors (Lipinski definition) is 4. The number of ether oxygens (including phenoxy) is 2. The third-order valence-corrected chi connectivity index (χ3v) is 3.90. The summed E-state index contributed by atoms with van der Waals surface area (Å²) in [5, 5.41) is 0.372. The minimum atomic E-state index is -0.167. The fraction of sp³-hybridized carbons (Fsp3) is 0.421. The summed E-state index contributed by atoms with van der Waals surface area (Å²) in [7, 11) is 1.71. The molecule has 2 rings (SSSR count). The quantitative estimate of drug-likeness (QED) is 0.600. The molecule has 1 aromatic heterocycles. The van der Waals surface area contributed by atoms with Crippen molar-refractivity contribution in [1.82, 2.24) is 4.90 Å². The first-order valence-electron chi connectivity index (χ1n) is 8.43. The summed E-state index contributed by atoms with van der Waals surface area (Å²) >= 11 is 6.35. The molecule has 0 bridgehead atoms. The van der Waals surface area contributed by atoms with E-state index in [0.717, 1.165) is 12.8 Å². The first-order valence-corrected chi connectivity index (χ1v) is 8.81. The van der Waals surface area contributed by atoms with Crippen molar-refractivity contribution in [2.75, 3.05) is 20.3 Å². The molecule has 0 saturated heterocycles. The number of benzene rings is 1. The lowest BCUT2D eigenvalue weighted by molar-refractivity contribution is 0.0775. The molecule has 0 spiro atoms. The van der Waals surface area contributed by atoms with Crippen LogP contribution in [0, 0.1) is 0 Å². The largest absolute Gasteiger partial charge is 0.490 e. The van der Waals surface area contributed by atoms with E-state index < -0.39 is 0 Å². The van der Waals surface area contributed by atoms with Gasteiger partial charge in [-0.25, -0.2) is 0 Å². The highest BCUT2D eigenvalue weighted by molar-refractivity contribution is 6.32. The van der Waals surface area contributed by atoms with Crippen LogP contribution in [0.25, 0.3) is 0 Å². The van der Waals surface area contributed by atoms with Crippen LogP contribution in [0.1, 0.15) is 42.8 Å². The minimum absolute atomic E-state index is 0.167. The van der Waals surface area contributed by atoms with Gasteiger partial charge in [-0.2, -0.15) is 0 Å². The maximum Gasteiger partial charge on any atom is 0.254 e. The molecule has 1 amide bonds. The second-order valence-electron chi connectivity index (χ2n) is 5.66. The SMILES string of the molecule is CCCCOc1c(Cl)cc(C(=O)N(C)Cc2ccco2)cc1OCC. The summed E-state index contributed by atoms with van der Waals surface area (Å²) in [5.41, 5.74) is 0.449. The first-order chi connectivity index (χ1) is 12.1. The number of carbonyl (C=O) groups is 1. The highest BCUT2D eigenvalue weighted by Crippen LogP contribution is 2.37. The first kappa shape index (κ1) is 19.2. The number of halogens is 1. The van der Waals surface area contributed by atoms with Gasteiger partial charge < -0.3 is 18.8 Å². The van der Waals surface area contributed by atoms with Crippen molar-refractivity contribution in [3.8, 4) is 11.5 Å².